The molecule has 0 aliphatic heterocycles. The van der Waals surface area contributed by atoms with Crippen molar-refractivity contribution < 1.29 is 18.8 Å². The van der Waals surface area contributed by atoms with Crippen LogP contribution in [0, 0.1) is 22.5 Å². The molecule has 0 saturated heterocycles. The summed E-state index contributed by atoms with van der Waals surface area (Å²) in [5.41, 5.74) is 0.159. The third-order valence-corrected chi connectivity index (χ3v) is 3.21. The van der Waals surface area contributed by atoms with Crippen molar-refractivity contribution in [3.05, 3.63) is 74.9 Å². The van der Waals surface area contributed by atoms with Crippen molar-refractivity contribution in [2.45, 2.75) is 6.54 Å². The molecule has 0 spiro atoms. The quantitative estimate of drug-likeness (QED) is 0.518. The number of ether oxygens (including phenoxy) is 1. The largest absolute Gasteiger partial charge is 0.496 e. The van der Waals surface area contributed by atoms with E-state index in [2.05, 4.69) is 10.2 Å². The third-order valence-electron chi connectivity index (χ3n) is 3.21. The predicted molar refractivity (Wildman–Crippen MR) is 83.5 cm³/mol. The lowest BCUT2D eigenvalue weighted by molar-refractivity contribution is -0.384. The Labute approximate surface area is 136 Å². The van der Waals surface area contributed by atoms with E-state index in [1.165, 1.54) is 25.3 Å². The summed E-state index contributed by atoms with van der Waals surface area (Å²) in [6.07, 6.45) is 0. The molecule has 122 valence electrons. The van der Waals surface area contributed by atoms with Crippen LogP contribution in [0.1, 0.15) is 15.9 Å². The van der Waals surface area contributed by atoms with Crippen LogP contribution < -0.4 is 10.1 Å². The maximum Gasteiger partial charge on any atom is 0.269 e. The molecular weight excluding hydrogens is 317 g/mol. The smallest absolute Gasteiger partial charge is 0.269 e. The molecule has 24 heavy (non-hydrogen) atoms. The number of nitrogens with one attached hydrogen (secondary N) is 1. The van der Waals surface area contributed by atoms with E-state index in [4.69, 9.17) is 11.3 Å². The Morgan fingerprint density at radius 3 is 2.79 bits per heavy atom. The van der Waals surface area contributed by atoms with E-state index in [0.717, 1.165) is 12.1 Å². The molecule has 0 aliphatic carbocycles. The topological polar surface area (TPSA) is 85.8 Å². The summed E-state index contributed by atoms with van der Waals surface area (Å²) in [7, 11) is 1.28. The third kappa shape index (κ3) is 3.64. The number of hydrogen-bond donors (Lipinski definition) is 1. The fourth-order valence-corrected chi connectivity index (χ4v) is 2.03. The number of nitro groups is 1. The molecular formula is C16H12FN3O4. The van der Waals surface area contributed by atoms with E-state index >= 15 is 0 Å². The first kappa shape index (κ1) is 16.9. The van der Waals surface area contributed by atoms with Crippen LogP contribution >= 0.6 is 0 Å². The summed E-state index contributed by atoms with van der Waals surface area (Å²) in [5.74, 6) is -1.36. The van der Waals surface area contributed by atoms with Crippen LogP contribution in [0.25, 0.3) is 4.85 Å². The first-order valence-electron chi connectivity index (χ1n) is 6.72. The Balaban J connectivity index is 2.20. The molecule has 7 nitrogen and oxygen atoms in total. The highest BCUT2D eigenvalue weighted by molar-refractivity contribution is 5.98. The van der Waals surface area contributed by atoms with Gasteiger partial charge in [0.05, 0.1) is 24.2 Å². The Hall–Kier alpha value is -3.47. The summed E-state index contributed by atoms with van der Waals surface area (Å²) in [4.78, 5) is 25.5. The van der Waals surface area contributed by atoms with Crippen molar-refractivity contribution in [2.24, 2.45) is 0 Å². The molecule has 2 rings (SSSR count). The van der Waals surface area contributed by atoms with Crippen molar-refractivity contribution in [1.29, 1.82) is 0 Å². The standard InChI is InChI=1S/C16H12FN3O4/c1-18-14-7-12(15(24-2)8-13(14)17)16(21)19-9-10-4-3-5-11(6-10)20(22)23/h3-8H,9H2,2H3,(H,19,21). The van der Waals surface area contributed by atoms with Gasteiger partial charge in [-0.25, -0.2) is 9.24 Å². The van der Waals surface area contributed by atoms with Crippen LogP contribution in [-0.2, 0) is 6.54 Å². The molecule has 8 heteroatoms. The van der Waals surface area contributed by atoms with Crippen LogP contribution in [0.4, 0.5) is 15.8 Å². The van der Waals surface area contributed by atoms with Gasteiger partial charge in [-0.2, -0.15) is 0 Å². The zero-order chi connectivity index (χ0) is 17.7. The van der Waals surface area contributed by atoms with Gasteiger partial charge in [0.15, 0.2) is 0 Å². The number of halogens is 1. The lowest BCUT2D eigenvalue weighted by Crippen LogP contribution is -2.23. The van der Waals surface area contributed by atoms with Gasteiger partial charge in [0.1, 0.15) is 11.6 Å². The number of hydrogen-bond acceptors (Lipinski definition) is 4. The van der Waals surface area contributed by atoms with Crippen LogP contribution in [-0.4, -0.2) is 17.9 Å². The van der Waals surface area contributed by atoms with Gasteiger partial charge in [0.2, 0.25) is 5.69 Å². The summed E-state index contributed by atoms with van der Waals surface area (Å²) in [5, 5.41) is 13.3. The Morgan fingerprint density at radius 2 is 2.17 bits per heavy atom. The minimum absolute atomic E-state index is 0.00329. The van der Waals surface area contributed by atoms with E-state index in [-0.39, 0.29) is 29.2 Å². The monoisotopic (exact) mass is 329 g/mol. The Morgan fingerprint density at radius 1 is 1.42 bits per heavy atom. The second-order valence-corrected chi connectivity index (χ2v) is 4.73. The molecule has 0 heterocycles. The predicted octanol–water partition coefficient (Wildman–Crippen LogP) is 3.22. The number of non-ortho nitro benzene ring substituents is 1. The number of methoxy groups -OCH3 is 1. The molecule has 1 amide bonds. The minimum Gasteiger partial charge on any atom is -0.496 e. The highest BCUT2D eigenvalue weighted by Gasteiger charge is 2.17. The SMILES string of the molecule is [C-]#[N+]c1cc(C(=O)NCc2cccc([N+](=O)[O-])c2)c(OC)cc1F. The van der Waals surface area contributed by atoms with Gasteiger partial charge in [-0.1, -0.05) is 12.1 Å². The summed E-state index contributed by atoms with van der Waals surface area (Å²) in [6, 6.07) is 7.89. The van der Waals surface area contributed by atoms with E-state index in [0.29, 0.717) is 5.56 Å². The van der Waals surface area contributed by atoms with Crippen LogP contribution in [0.3, 0.4) is 0 Å². The average Bonchev–Trinajstić information content (AvgIpc) is 2.59. The minimum atomic E-state index is -0.780. The lowest BCUT2D eigenvalue weighted by Gasteiger charge is -2.10. The average molecular weight is 329 g/mol. The van der Waals surface area contributed by atoms with Crippen LogP contribution in [0.15, 0.2) is 36.4 Å². The number of amides is 1. The zero-order valence-corrected chi connectivity index (χ0v) is 12.6. The van der Waals surface area contributed by atoms with E-state index < -0.39 is 16.6 Å². The van der Waals surface area contributed by atoms with Crippen LogP contribution in [0.5, 0.6) is 5.75 Å². The lowest BCUT2D eigenvalue weighted by atomic mass is 10.1. The number of carbonyl (C=O) groups excluding carboxylic acids is 1. The number of benzene rings is 2. The maximum absolute atomic E-state index is 13.6. The molecule has 0 aromatic heterocycles. The van der Waals surface area contributed by atoms with E-state index in [9.17, 15) is 19.3 Å². The van der Waals surface area contributed by atoms with Gasteiger partial charge >= 0.3 is 0 Å². The van der Waals surface area contributed by atoms with Crippen molar-refractivity contribution in [3.63, 3.8) is 0 Å². The number of rotatable bonds is 5. The van der Waals surface area contributed by atoms with Gasteiger partial charge < -0.3 is 10.1 Å². The van der Waals surface area contributed by atoms with Gasteiger partial charge in [-0.05, 0) is 11.6 Å². The molecule has 2 aromatic rings. The molecule has 2 aromatic carbocycles. The van der Waals surface area contributed by atoms with Crippen molar-refractivity contribution in [2.75, 3.05) is 7.11 Å². The van der Waals surface area contributed by atoms with Gasteiger partial charge in [0.25, 0.3) is 11.6 Å². The molecule has 1 N–H and O–H groups in total. The Kier molecular flexibility index (Phi) is 5.06. The summed E-state index contributed by atoms with van der Waals surface area (Å²) >= 11 is 0. The number of nitro benzene ring substituents is 1. The van der Waals surface area contributed by atoms with Gasteiger partial charge in [-0.15, -0.1) is 0 Å². The molecule has 0 radical (unpaired) electrons. The van der Waals surface area contributed by atoms with Crippen molar-refractivity contribution in [1.82, 2.24) is 5.32 Å². The van der Waals surface area contributed by atoms with Crippen molar-refractivity contribution in [3.8, 4) is 5.75 Å². The Bertz CT molecular complexity index is 846. The highest BCUT2D eigenvalue weighted by Crippen LogP contribution is 2.28. The molecule has 0 atom stereocenters. The van der Waals surface area contributed by atoms with E-state index in [1.54, 1.807) is 6.07 Å². The maximum atomic E-state index is 13.6. The first-order chi connectivity index (χ1) is 11.5. The second-order valence-electron chi connectivity index (χ2n) is 4.73. The fourth-order valence-electron chi connectivity index (χ4n) is 2.03. The second kappa shape index (κ2) is 7.19. The van der Waals surface area contributed by atoms with Gasteiger partial charge in [-0.3, -0.25) is 14.9 Å². The fraction of sp³-hybridized carbons (Fsp3) is 0.125. The zero-order valence-electron chi connectivity index (χ0n) is 12.6. The summed E-state index contributed by atoms with van der Waals surface area (Å²) < 4.78 is 18.5. The molecule has 0 fully saturated rings. The van der Waals surface area contributed by atoms with Gasteiger partial charge in [0, 0.05) is 24.7 Å². The first-order valence-corrected chi connectivity index (χ1v) is 6.72. The van der Waals surface area contributed by atoms with Crippen molar-refractivity contribution >= 4 is 17.3 Å². The summed E-state index contributed by atoms with van der Waals surface area (Å²) in [6.45, 7) is 6.93. The number of carbonyl (C=O) groups is 1. The van der Waals surface area contributed by atoms with Crippen LogP contribution in [0.2, 0.25) is 0 Å². The molecule has 0 bridgehead atoms. The molecule has 0 unspecified atom stereocenters. The highest BCUT2D eigenvalue weighted by atomic mass is 19.1. The molecule has 0 aliphatic rings. The normalized spacial score (nSPS) is 9.88. The number of nitrogens with zero attached hydrogens (tertiary/aromatic N) is 2. The van der Waals surface area contributed by atoms with E-state index in [1.807, 2.05) is 0 Å². The molecule has 0 saturated carbocycles.